The molecule has 1 heterocycles. The molecule has 1 aromatic heterocycles. The summed E-state index contributed by atoms with van der Waals surface area (Å²) in [5.41, 5.74) is -1.50. The molecule has 0 aliphatic carbocycles. The Morgan fingerprint density at radius 2 is 1.95 bits per heavy atom. The largest absolute Gasteiger partial charge is 0.481 e. The SMILES string of the molecule is CC(C)Cc1nc(CNC(C)(C)C(C)(C)C(=O)O)no1. The van der Waals surface area contributed by atoms with Crippen LogP contribution in [0.1, 0.15) is 53.3 Å². The number of hydrogen-bond donors (Lipinski definition) is 2. The van der Waals surface area contributed by atoms with Gasteiger partial charge in [0.15, 0.2) is 5.82 Å². The summed E-state index contributed by atoms with van der Waals surface area (Å²) in [6, 6.07) is 0. The van der Waals surface area contributed by atoms with Gasteiger partial charge in [-0.25, -0.2) is 0 Å². The zero-order chi connectivity index (χ0) is 15.6. The Morgan fingerprint density at radius 1 is 1.35 bits per heavy atom. The molecule has 0 unspecified atom stereocenters. The van der Waals surface area contributed by atoms with Crippen molar-refractivity contribution in [2.75, 3.05) is 0 Å². The van der Waals surface area contributed by atoms with Crippen LogP contribution in [0.3, 0.4) is 0 Å². The fraction of sp³-hybridized carbons (Fsp3) is 0.786. The lowest BCUT2D eigenvalue weighted by atomic mass is 9.74. The Kier molecular flexibility index (Phi) is 4.91. The third kappa shape index (κ3) is 3.79. The lowest BCUT2D eigenvalue weighted by molar-refractivity contribution is -0.151. The van der Waals surface area contributed by atoms with Gasteiger partial charge in [0.05, 0.1) is 12.0 Å². The Labute approximate surface area is 120 Å². The van der Waals surface area contributed by atoms with E-state index in [4.69, 9.17) is 4.52 Å². The highest BCUT2D eigenvalue weighted by molar-refractivity contribution is 5.75. The van der Waals surface area contributed by atoms with Gasteiger partial charge in [-0.15, -0.1) is 0 Å². The van der Waals surface area contributed by atoms with Gasteiger partial charge in [0.2, 0.25) is 5.89 Å². The molecule has 0 atom stereocenters. The van der Waals surface area contributed by atoms with Gasteiger partial charge in [0.25, 0.3) is 0 Å². The number of aliphatic carboxylic acids is 1. The average Bonchev–Trinajstić information content (AvgIpc) is 2.73. The summed E-state index contributed by atoms with van der Waals surface area (Å²) < 4.78 is 5.16. The van der Waals surface area contributed by atoms with E-state index < -0.39 is 16.9 Å². The van der Waals surface area contributed by atoms with E-state index in [1.165, 1.54) is 0 Å². The first kappa shape index (κ1) is 16.6. The van der Waals surface area contributed by atoms with Crippen molar-refractivity contribution in [1.29, 1.82) is 0 Å². The molecule has 0 radical (unpaired) electrons. The quantitative estimate of drug-likeness (QED) is 0.798. The number of carbonyl (C=O) groups is 1. The van der Waals surface area contributed by atoms with Crippen molar-refractivity contribution in [2.45, 2.75) is 60.0 Å². The third-order valence-corrected chi connectivity index (χ3v) is 3.88. The Bertz CT molecular complexity index is 464. The standard InChI is InChI=1S/C14H25N3O3/c1-9(2)7-11-16-10(17-20-11)8-15-14(5,6)13(3,4)12(18)19/h9,15H,7-8H2,1-6H3,(H,18,19). The number of aromatic nitrogens is 2. The molecule has 0 saturated carbocycles. The van der Waals surface area contributed by atoms with E-state index in [1.807, 2.05) is 13.8 Å². The second-order valence-corrected chi connectivity index (χ2v) is 6.61. The molecule has 114 valence electrons. The van der Waals surface area contributed by atoms with Crippen molar-refractivity contribution in [1.82, 2.24) is 15.5 Å². The van der Waals surface area contributed by atoms with Gasteiger partial charge >= 0.3 is 5.97 Å². The zero-order valence-corrected chi connectivity index (χ0v) is 13.1. The summed E-state index contributed by atoms with van der Waals surface area (Å²) in [7, 11) is 0. The number of rotatable bonds is 7. The van der Waals surface area contributed by atoms with Gasteiger partial charge in [0, 0.05) is 12.0 Å². The van der Waals surface area contributed by atoms with E-state index in [2.05, 4.69) is 29.3 Å². The van der Waals surface area contributed by atoms with Crippen LogP contribution in [-0.2, 0) is 17.8 Å². The summed E-state index contributed by atoms with van der Waals surface area (Å²) in [4.78, 5) is 15.6. The lowest BCUT2D eigenvalue weighted by Crippen LogP contribution is -2.54. The van der Waals surface area contributed by atoms with Gasteiger partial charge < -0.3 is 14.9 Å². The van der Waals surface area contributed by atoms with Gasteiger partial charge in [-0.1, -0.05) is 19.0 Å². The number of nitrogens with one attached hydrogen (secondary N) is 1. The fourth-order valence-corrected chi connectivity index (χ4v) is 1.58. The van der Waals surface area contributed by atoms with Crippen molar-refractivity contribution in [3.63, 3.8) is 0 Å². The fourth-order valence-electron chi connectivity index (χ4n) is 1.58. The van der Waals surface area contributed by atoms with E-state index in [-0.39, 0.29) is 0 Å². The molecule has 0 bridgehead atoms. The molecule has 2 N–H and O–H groups in total. The second kappa shape index (κ2) is 5.91. The van der Waals surface area contributed by atoms with Crippen LogP contribution in [0.5, 0.6) is 0 Å². The van der Waals surface area contributed by atoms with E-state index in [9.17, 15) is 9.90 Å². The molecule has 6 heteroatoms. The minimum atomic E-state index is -0.905. The van der Waals surface area contributed by atoms with E-state index in [1.54, 1.807) is 13.8 Å². The van der Waals surface area contributed by atoms with Crippen LogP contribution >= 0.6 is 0 Å². The molecule has 0 aliphatic rings. The van der Waals surface area contributed by atoms with Crippen LogP contribution < -0.4 is 5.32 Å². The lowest BCUT2D eigenvalue weighted by Gasteiger charge is -2.38. The maximum Gasteiger partial charge on any atom is 0.310 e. The van der Waals surface area contributed by atoms with Crippen molar-refractivity contribution in [3.8, 4) is 0 Å². The van der Waals surface area contributed by atoms with Gasteiger partial charge in [-0.2, -0.15) is 4.98 Å². The first-order valence-electron chi connectivity index (χ1n) is 6.86. The molecule has 1 rings (SSSR count). The topological polar surface area (TPSA) is 88.2 Å². The minimum Gasteiger partial charge on any atom is -0.481 e. The molecule has 0 aromatic carbocycles. The van der Waals surface area contributed by atoms with E-state index in [0.29, 0.717) is 24.2 Å². The third-order valence-electron chi connectivity index (χ3n) is 3.88. The Hall–Kier alpha value is -1.43. The van der Waals surface area contributed by atoms with Crippen LogP contribution in [0.2, 0.25) is 0 Å². The normalized spacial score (nSPS) is 12.9. The highest BCUT2D eigenvalue weighted by Gasteiger charge is 2.43. The number of hydrogen-bond acceptors (Lipinski definition) is 5. The molecular formula is C14H25N3O3. The van der Waals surface area contributed by atoms with E-state index in [0.717, 1.165) is 6.42 Å². The zero-order valence-electron chi connectivity index (χ0n) is 13.1. The van der Waals surface area contributed by atoms with Crippen LogP contribution in [0, 0.1) is 11.3 Å². The summed E-state index contributed by atoms with van der Waals surface area (Å²) >= 11 is 0. The minimum absolute atomic E-state index is 0.380. The van der Waals surface area contributed by atoms with Crippen LogP contribution in [0.4, 0.5) is 0 Å². The molecule has 0 saturated heterocycles. The Morgan fingerprint density at radius 3 is 2.45 bits per heavy atom. The van der Waals surface area contributed by atoms with Gasteiger partial charge in [-0.05, 0) is 33.6 Å². The predicted octanol–water partition coefficient (Wildman–Crippen LogP) is 2.25. The predicted molar refractivity (Wildman–Crippen MR) is 75.2 cm³/mol. The van der Waals surface area contributed by atoms with Crippen molar-refractivity contribution >= 4 is 5.97 Å². The smallest absolute Gasteiger partial charge is 0.310 e. The molecular weight excluding hydrogens is 258 g/mol. The molecule has 0 aliphatic heterocycles. The highest BCUT2D eigenvalue weighted by Crippen LogP contribution is 2.30. The monoisotopic (exact) mass is 283 g/mol. The molecule has 0 fully saturated rings. The van der Waals surface area contributed by atoms with E-state index >= 15 is 0 Å². The number of nitrogens with zero attached hydrogens (tertiary/aromatic N) is 2. The molecule has 6 nitrogen and oxygen atoms in total. The number of carboxylic acid groups (broad SMARTS) is 1. The first-order chi connectivity index (χ1) is 9.06. The van der Waals surface area contributed by atoms with Crippen molar-refractivity contribution in [3.05, 3.63) is 11.7 Å². The molecule has 0 spiro atoms. The second-order valence-electron chi connectivity index (χ2n) is 6.61. The van der Waals surface area contributed by atoms with Crippen LogP contribution in [-0.4, -0.2) is 26.8 Å². The Balaban J connectivity index is 2.67. The summed E-state index contributed by atoms with van der Waals surface area (Å²) in [6.07, 6.45) is 0.747. The number of carboxylic acids is 1. The molecule has 20 heavy (non-hydrogen) atoms. The summed E-state index contributed by atoms with van der Waals surface area (Å²) in [5.74, 6) is 0.782. The molecule has 0 amide bonds. The average molecular weight is 283 g/mol. The highest BCUT2D eigenvalue weighted by atomic mass is 16.5. The summed E-state index contributed by atoms with van der Waals surface area (Å²) in [5, 5.41) is 16.4. The van der Waals surface area contributed by atoms with Crippen molar-refractivity contribution in [2.24, 2.45) is 11.3 Å². The molecule has 1 aromatic rings. The van der Waals surface area contributed by atoms with Crippen molar-refractivity contribution < 1.29 is 14.4 Å². The maximum absolute atomic E-state index is 11.3. The first-order valence-corrected chi connectivity index (χ1v) is 6.86. The van der Waals surface area contributed by atoms with Gasteiger partial charge in [-0.3, -0.25) is 4.79 Å². The maximum atomic E-state index is 11.3. The van der Waals surface area contributed by atoms with Gasteiger partial charge in [0.1, 0.15) is 0 Å². The summed E-state index contributed by atoms with van der Waals surface area (Å²) in [6.45, 7) is 11.7. The van der Waals surface area contributed by atoms with Crippen LogP contribution in [0.25, 0.3) is 0 Å². The van der Waals surface area contributed by atoms with Crippen LogP contribution in [0.15, 0.2) is 4.52 Å².